The smallest absolute Gasteiger partial charge is 0.310 e. The Morgan fingerprint density at radius 3 is 2.26 bits per heavy atom. The molecule has 5 aliphatic carbocycles. The Morgan fingerprint density at radius 1 is 0.941 bits per heavy atom. The number of allylic oxidation sites excluding steroid dienone is 2. The van der Waals surface area contributed by atoms with Gasteiger partial charge in [-0.15, -0.1) is 0 Å². The van der Waals surface area contributed by atoms with Gasteiger partial charge in [0.25, 0.3) is 0 Å². The van der Waals surface area contributed by atoms with Crippen molar-refractivity contribution in [2.24, 2.45) is 56.7 Å². The lowest BCUT2D eigenvalue weighted by Gasteiger charge is -2.71. The van der Waals surface area contributed by atoms with Gasteiger partial charge in [0.05, 0.1) is 17.6 Å². The van der Waals surface area contributed by atoms with Crippen LogP contribution in [0.15, 0.2) is 11.6 Å². The van der Waals surface area contributed by atoms with E-state index in [1.807, 2.05) is 0 Å². The highest BCUT2D eigenvalue weighted by Crippen LogP contribution is 2.75. The van der Waals surface area contributed by atoms with Crippen LogP contribution in [-0.2, 0) is 4.79 Å². The van der Waals surface area contributed by atoms with Crippen molar-refractivity contribution in [3.63, 3.8) is 0 Å². The fourth-order valence-electron chi connectivity index (χ4n) is 11.0. The Kier molecular flexibility index (Phi) is 5.36. The number of carboxylic acids is 1. The summed E-state index contributed by atoms with van der Waals surface area (Å²) in [5.74, 6) is 1.30. The maximum atomic E-state index is 12.8. The number of rotatable bonds is 1. The van der Waals surface area contributed by atoms with E-state index in [9.17, 15) is 20.1 Å². The molecule has 0 spiro atoms. The van der Waals surface area contributed by atoms with Gasteiger partial charge in [0.2, 0.25) is 0 Å². The van der Waals surface area contributed by atoms with Crippen LogP contribution in [0.5, 0.6) is 0 Å². The molecule has 4 heteroatoms. The lowest BCUT2D eigenvalue weighted by Crippen LogP contribution is -2.67. The predicted octanol–water partition coefficient (Wildman–Crippen LogP) is 6.06. The fraction of sp³-hybridized carbons (Fsp3) is 0.900. The van der Waals surface area contributed by atoms with Crippen LogP contribution in [0.2, 0.25) is 0 Å². The Morgan fingerprint density at radius 2 is 1.62 bits per heavy atom. The van der Waals surface area contributed by atoms with Gasteiger partial charge in [0.1, 0.15) is 0 Å². The number of carbonyl (C=O) groups is 1. The van der Waals surface area contributed by atoms with Gasteiger partial charge in [-0.2, -0.15) is 0 Å². The predicted molar refractivity (Wildman–Crippen MR) is 134 cm³/mol. The molecule has 0 amide bonds. The number of fused-ring (bicyclic) bond motifs is 7. The van der Waals surface area contributed by atoms with Crippen LogP contribution in [0.3, 0.4) is 0 Å². The summed E-state index contributed by atoms with van der Waals surface area (Å²) in [5, 5.41) is 32.4. The summed E-state index contributed by atoms with van der Waals surface area (Å²) in [4.78, 5) is 12.8. The summed E-state index contributed by atoms with van der Waals surface area (Å²) in [5.41, 5.74) is 0.574. The molecule has 0 unspecified atom stereocenters. The molecule has 0 saturated heterocycles. The van der Waals surface area contributed by atoms with Crippen molar-refractivity contribution in [2.45, 2.75) is 112 Å². The van der Waals surface area contributed by atoms with Gasteiger partial charge in [-0.1, -0.05) is 60.1 Å². The molecule has 192 valence electrons. The molecule has 4 nitrogen and oxygen atoms in total. The second-order valence-corrected chi connectivity index (χ2v) is 14.6. The van der Waals surface area contributed by atoms with Crippen molar-refractivity contribution in [1.82, 2.24) is 0 Å². The van der Waals surface area contributed by atoms with Crippen LogP contribution in [-0.4, -0.2) is 33.5 Å². The van der Waals surface area contributed by atoms with E-state index in [1.165, 1.54) is 5.57 Å². The van der Waals surface area contributed by atoms with E-state index in [4.69, 9.17) is 0 Å². The number of hydrogen-bond acceptors (Lipinski definition) is 3. The van der Waals surface area contributed by atoms with Gasteiger partial charge in [0, 0.05) is 0 Å². The zero-order chi connectivity index (χ0) is 25.1. The average Bonchev–Trinajstić information content (AvgIpc) is 2.75. The van der Waals surface area contributed by atoms with Gasteiger partial charge in [-0.3, -0.25) is 4.79 Å². The molecule has 4 fully saturated rings. The van der Waals surface area contributed by atoms with Crippen molar-refractivity contribution < 1.29 is 20.1 Å². The molecule has 4 saturated carbocycles. The molecule has 5 aliphatic rings. The third-order valence-electron chi connectivity index (χ3n) is 13.4. The maximum absolute atomic E-state index is 12.8. The molecule has 0 aromatic carbocycles. The number of hydrogen-bond donors (Lipinski definition) is 3. The van der Waals surface area contributed by atoms with Gasteiger partial charge in [-0.25, -0.2) is 0 Å². The van der Waals surface area contributed by atoms with Crippen molar-refractivity contribution in [1.29, 1.82) is 0 Å². The molecular weight excluding hydrogens is 424 g/mol. The van der Waals surface area contributed by atoms with E-state index < -0.39 is 23.6 Å². The molecule has 5 rings (SSSR count). The maximum Gasteiger partial charge on any atom is 0.310 e. The Bertz CT molecular complexity index is 907. The monoisotopic (exact) mass is 472 g/mol. The topological polar surface area (TPSA) is 77.8 Å². The van der Waals surface area contributed by atoms with Gasteiger partial charge >= 0.3 is 5.97 Å². The number of aliphatic hydroxyl groups is 2. The van der Waals surface area contributed by atoms with Gasteiger partial charge < -0.3 is 15.3 Å². The fourth-order valence-corrected chi connectivity index (χ4v) is 11.0. The molecule has 0 bridgehead atoms. The highest BCUT2D eigenvalue weighted by atomic mass is 16.4. The minimum absolute atomic E-state index is 0.00993. The van der Waals surface area contributed by atoms with Crippen molar-refractivity contribution in [3.05, 3.63) is 11.6 Å². The number of aliphatic carboxylic acids is 1. The normalized spacial score (nSPS) is 56.3. The average molecular weight is 473 g/mol. The first-order chi connectivity index (χ1) is 15.7. The summed E-state index contributed by atoms with van der Waals surface area (Å²) < 4.78 is 0. The Labute approximate surface area is 206 Å². The SMILES string of the molecule is C[C@H]1[C@H](C)CC[C@]2(C(=O)O)CC[C@]3(C)C(=CC[C@@H]4[C@@]5(C)C[C@@H](O)[C@@H](O)C(C)(C)[C@@H]5CC[C@]43C)[C@H]12. The zero-order valence-electron chi connectivity index (χ0n) is 22.5. The van der Waals surface area contributed by atoms with Gasteiger partial charge in [0.15, 0.2) is 0 Å². The third kappa shape index (κ3) is 2.76. The molecule has 0 aromatic heterocycles. The van der Waals surface area contributed by atoms with E-state index in [1.54, 1.807) is 0 Å². The summed E-state index contributed by atoms with van der Waals surface area (Å²) in [6.07, 6.45) is 8.53. The molecule has 0 radical (unpaired) electrons. The minimum Gasteiger partial charge on any atom is -0.481 e. The summed E-state index contributed by atoms with van der Waals surface area (Å²) in [6, 6.07) is 0. The molecule has 0 heterocycles. The Hall–Kier alpha value is -0.870. The first-order valence-corrected chi connectivity index (χ1v) is 14.0. The van der Waals surface area contributed by atoms with Crippen molar-refractivity contribution >= 4 is 5.97 Å². The van der Waals surface area contributed by atoms with Crippen molar-refractivity contribution in [2.75, 3.05) is 0 Å². The number of carboxylic acid groups (broad SMARTS) is 1. The highest BCUT2D eigenvalue weighted by molar-refractivity contribution is 5.76. The molecule has 34 heavy (non-hydrogen) atoms. The molecular formula is C30H48O4. The third-order valence-corrected chi connectivity index (χ3v) is 13.4. The highest BCUT2D eigenvalue weighted by Gasteiger charge is 2.70. The first-order valence-electron chi connectivity index (χ1n) is 14.0. The minimum atomic E-state index is -0.679. The molecule has 0 aliphatic heterocycles. The standard InChI is InChI=1S/C30H48O4/c1-17-10-13-30(25(33)34)15-14-28(6)19(23(30)18(17)2)8-9-22-27(5)16-20(31)24(32)26(3,4)21(27)11-12-29(22,28)7/h8,17-18,20-24,31-32H,9-16H2,1-7H3,(H,33,34)/t17-,18+,20-,21+,22-,23+,24-,27+,28-,29-,30+/m1/s1. The summed E-state index contributed by atoms with van der Waals surface area (Å²) in [6.45, 7) is 16.3. The van der Waals surface area contributed by atoms with Crippen LogP contribution >= 0.6 is 0 Å². The van der Waals surface area contributed by atoms with Crippen molar-refractivity contribution in [3.8, 4) is 0 Å². The largest absolute Gasteiger partial charge is 0.481 e. The van der Waals surface area contributed by atoms with E-state index in [2.05, 4.69) is 54.5 Å². The first kappa shape index (κ1) is 24.8. The van der Waals surface area contributed by atoms with E-state index >= 15 is 0 Å². The molecule has 3 N–H and O–H groups in total. The molecule has 11 atom stereocenters. The lowest BCUT2D eigenvalue weighted by atomic mass is 9.33. The summed E-state index contributed by atoms with van der Waals surface area (Å²) in [7, 11) is 0. The Balaban J connectivity index is 1.62. The van der Waals surface area contributed by atoms with Crippen LogP contribution < -0.4 is 0 Å². The second kappa shape index (κ2) is 7.34. The molecule has 0 aromatic rings. The van der Waals surface area contributed by atoms with E-state index in [0.717, 1.165) is 44.9 Å². The van der Waals surface area contributed by atoms with Gasteiger partial charge in [-0.05, 0) is 103 Å². The quantitative estimate of drug-likeness (QED) is 0.405. The summed E-state index contributed by atoms with van der Waals surface area (Å²) >= 11 is 0. The van der Waals surface area contributed by atoms with E-state index in [-0.39, 0.29) is 27.6 Å². The second-order valence-electron chi connectivity index (χ2n) is 14.6. The van der Waals surface area contributed by atoms with Crippen LogP contribution in [0.4, 0.5) is 0 Å². The number of aliphatic hydroxyl groups excluding tert-OH is 2. The van der Waals surface area contributed by atoms with Crippen LogP contribution in [0.1, 0.15) is 99.8 Å². The zero-order valence-corrected chi connectivity index (χ0v) is 22.5. The van der Waals surface area contributed by atoms with Crippen LogP contribution in [0, 0.1) is 56.7 Å². The lowest BCUT2D eigenvalue weighted by molar-refractivity contribution is -0.232. The van der Waals surface area contributed by atoms with E-state index in [0.29, 0.717) is 30.1 Å². The van der Waals surface area contributed by atoms with Crippen LogP contribution in [0.25, 0.3) is 0 Å².